The molecule has 1 aliphatic rings. The first-order valence-corrected chi connectivity index (χ1v) is 8.29. The molecule has 1 N–H and O–H groups in total. The lowest BCUT2D eigenvalue weighted by Gasteiger charge is -2.36. The largest absolute Gasteiger partial charge is 0.348 e. The van der Waals surface area contributed by atoms with Gasteiger partial charge >= 0.3 is 0 Å². The molecule has 3 aromatic rings. The number of nitrogens with one attached hydrogen (secondary N) is 1. The zero-order valence-corrected chi connectivity index (χ0v) is 14.1. The Bertz CT molecular complexity index is 846. The smallest absolute Gasteiger partial charge is 0.158 e. The second-order valence-corrected chi connectivity index (χ2v) is 6.24. The second kappa shape index (κ2) is 6.26. The van der Waals surface area contributed by atoms with Gasteiger partial charge in [-0.1, -0.05) is 41.9 Å². The minimum absolute atomic E-state index is 0.183. The number of aromatic nitrogens is 3. The van der Waals surface area contributed by atoms with E-state index in [0.717, 1.165) is 24.6 Å². The maximum Gasteiger partial charge on any atom is 0.158 e. The van der Waals surface area contributed by atoms with Crippen LogP contribution < -0.4 is 10.2 Å². The summed E-state index contributed by atoms with van der Waals surface area (Å²) in [5.41, 5.74) is 3.31. The van der Waals surface area contributed by atoms with Crippen LogP contribution in [0.15, 0.2) is 55.0 Å². The van der Waals surface area contributed by atoms with E-state index in [1.165, 1.54) is 17.6 Å². The van der Waals surface area contributed by atoms with Gasteiger partial charge in [0.2, 0.25) is 0 Å². The predicted octanol–water partition coefficient (Wildman–Crippen LogP) is 3.20. The number of benzene rings is 1. The number of anilines is 1. The first-order chi connectivity index (χ1) is 11.8. The lowest BCUT2D eigenvalue weighted by Crippen LogP contribution is -2.38. The molecule has 1 atom stereocenters. The van der Waals surface area contributed by atoms with Crippen molar-refractivity contribution in [3.63, 3.8) is 0 Å². The van der Waals surface area contributed by atoms with Crippen molar-refractivity contribution in [2.24, 2.45) is 0 Å². The molecule has 4 rings (SSSR count). The highest BCUT2D eigenvalue weighted by atomic mass is 35.5. The van der Waals surface area contributed by atoms with E-state index in [0.29, 0.717) is 5.15 Å². The van der Waals surface area contributed by atoms with Gasteiger partial charge in [-0.25, -0.2) is 9.97 Å². The highest BCUT2D eigenvalue weighted by molar-refractivity contribution is 6.31. The average molecular weight is 340 g/mol. The third kappa shape index (κ3) is 2.56. The molecule has 0 saturated heterocycles. The van der Waals surface area contributed by atoms with Crippen molar-refractivity contribution < 1.29 is 0 Å². The molecule has 0 aliphatic carbocycles. The maximum atomic E-state index is 6.31. The van der Waals surface area contributed by atoms with Crippen LogP contribution in [0.3, 0.4) is 0 Å². The van der Waals surface area contributed by atoms with E-state index in [-0.39, 0.29) is 6.04 Å². The summed E-state index contributed by atoms with van der Waals surface area (Å²) in [5, 5.41) is 4.02. The Morgan fingerprint density at radius 2 is 1.96 bits per heavy atom. The van der Waals surface area contributed by atoms with Crippen LogP contribution in [0.5, 0.6) is 0 Å². The van der Waals surface area contributed by atoms with Crippen LogP contribution >= 0.6 is 11.6 Å². The van der Waals surface area contributed by atoms with E-state index in [9.17, 15) is 0 Å². The van der Waals surface area contributed by atoms with Crippen LogP contribution in [0.1, 0.15) is 17.3 Å². The summed E-state index contributed by atoms with van der Waals surface area (Å²) >= 11 is 6.31. The van der Waals surface area contributed by atoms with Crippen LogP contribution in [0, 0.1) is 0 Å². The van der Waals surface area contributed by atoms with Gasteiger partial charge in [0.05, 0.1) is 6.04 Å². The Hall–Kier alpha value is -2.37. The van der Waals surface area contributed by atoms with Gasteiger partial charge in [-0.2, -0.15) is 0 Å². The summed E-state index contributed by atoms with van der Waals surface area (Å²) in [6.07, 6.45) is 3.53. The van der Waals surface area contributed by atoms with Crippen molar-refractivity contribution in [2.45, 2.75) is 12.6 Å². The molecule has 0 amide bonds. The van der Waals surface area contributed by atoms with E-state index >= 15 is 0 Å². The summed E-state index contributed by atoms with van der Waals surface area (Å²) in [6.45, 7) is 1.65. The highest BCUT2D eigenvalue weighted by Gasteiger charge is 2.31. The molecule has 24 heavy (non-hydrogen) atoms. The van der Waals surface area contributed by atoms with Gasteiger partial charge in [-0.05, 0) is 17.7 Å². The molecular formula is C18H18ClN5. The van der Waals surface area contributed by atoms with Crippen LogP contribution in [-0.2, 0) is 6.54 Å². The molecule has 0 spiro atoms. The summed E-state index contributed by atoms with van der Waals surface area (Å²) in [4.78, 5) is 10.7. The van der Waals surface area contributed by atoms with Crippen molar-refractivity contribution in [1.82, 2.24) is 19.9 Å². The van der Waals surface area contributed by atoms with Gasteiger partial charge in [-0.15, -0.1) is 0 Å². The molecule has 1 aromatic carbocycles. The molecule has 0 fully saturated rings. The Balaban J connectivity index is 1.59. The third-order valence-electron chi connectivity index (χ3n) is 4.43. The number of rotatable bonds is 4. The Labute approximate surface area is 145 Å². The molecule has 1 unspecified atom stereocenters. The van der Waals surface area contributed by atoms with Crippen LogP contribution in [-0.4, -0.2) is 28.1 Å². The summed E-state index contributed by atoms with van der Waals surface area (Å²) < 4.78 is 2.09. The Kier molecular flexibility index (Phi) is 3.96. The number of hydrogen-bond donors (Lipinski definition) is 1. The molecule has 0 radical (unpaired) electrons. The van der Waals surface area contributed by atoms with Gasteiger partial charge in [0.25, 0.3) is 0 Å². The van der Waals surface area contributed by atoms with E-state index in [1.54, 1.807) is 0 Å². The zero-order chi connectivity index (χ0) is 16.5. The van der Waals surface area contributed by atoms with Crippen molar-refractivity contribution in [2.75, 3.05) is 18.5 Å². The summed E-state index contributed by atoms with van der Waals surface area (Å²) in [6, 6.07) is 14.7. The quantitative estimate of drug-likeness (QED) is 0.741. The molecule has 5 nitrogen and oxygen atoms in total. The van der Waals surface area contributed by atoms with Crippen LogP contribution in [0.4, 0.5) is 5.82 Å². The normalized spacial score (nSPS) is 15.9. The molecule has 0 bridgehead atoms. The third-order valence-corrected chi connectivity index (χ3v) is 4.71. The van der Waals surface area contributed by atoms with E-state index < -0.39 is 0 Å². The second-order valence-electron chi connectivity index (χ2n) is 5.88. The lowest BCUT2D eigenvalue weighted by atomic mass is 10.1. The maximum absolute atomic E-state index is 6.31. The first kappa shape index (κ1) is 15.2. The molecule has 3 heterocycles. The van der Waals surface area contributed by atoms with Crippen LogP contribution in [0.2, 0.25) is 5.15 Å². The molecule has 1 aliphatic heterocycles. The van der Waals surface area contributed by atoms with E-state index in [1.807, 2.05) is 25.4 Å². The first-order valence-electron chi connectivity index (χ1n) is 7.91. The van der Waals surface area contributed by atoms with Gasteiger partial charge < -0.3 is 14.8 Å². The van der Waals surface area contributed by atoms with Crippen molar-refractivity contribution in [3.8, 4) is 5.69 Å². The molecule has 2 aromatic heterocycles. The molecule has 0 saturated carbocycles. The SMILES string of the molecule is CN1c2ncnc(Cl)c2-n2cccc2C1CNCc1ccccc1. The van der Waals surface area contributed by atoms with Gasteiger partial charge in [-0.3, -0.25) is 0 Å². The topological polar surface area (TPSA) is 46.0 Å². The number of halogens is 1. The molecular weight excluding hydrogens is 322 g/mol. The minimum atomic E-state index is 0.183. The minimum Gasteiger partial charge on any atom is -0.348 e. The number of hydrogen-bond acceptors (Lipinski definition) is 4. The van der Waals surface area contributed by atoms with E-state index in [4.69, 9.17) is 11.6 Å². The molecule has 6 heteroatoms. The zero-order valence-electron chi connectivity index (χ0n) is 13.4. The lowest BCUT2D eigenvalue weighted by molar-refractivity contribution is 0.541. The summed E-state index contributed by atoms with van der Waals surface area (Å²) in [5.74, 6) is 0.852. The van der Waals surface area contributed by atoms with Gasteiger partial charge in [0.15, 0.2) is 11.0 Å². The monoisotopic (exact) mass is 339 g/mol. The summed E-state index contributed by atoms with van der Waals surface area (Å²) in [7, 11) is 2.05. The number of fused-ring (bicyclic) bond motifs is 3. The number of nitrogens with zero attached hydrogens (tertiary/aromatic N) is 4. The standard InChI is InChI=1S/C18H18ClN5/c1-23-15(11-20-10-13-6-3-2-4-7-13)14-8-5-9-24(14)16-17(19)21-12-22-18(16)23/h2-9,12,15,20H,10-11H2,1H3. The molecule has 122 valence electrons. The van der Waals surface area contributed by atoms with Crippen molar-refractivity contribution in [3.05, 3.63) is 71.4 Å². The fourth-order valence-electron chi connectivity index (χ4n) is 3.22. The highest BCUT2D eigenvalue weighted by Crippen LogP contribution is 2.38. The van der Waals surface area contributed by atoms with E-state index in [2.05, 4.69) is 55.1 Å². The van der Waals surface area contributed by atoms with Crippen molar-refractivity contribution >= 4 is 17.4 Å². The Morgan fingerprint density at radius 3 is 2.79 bits per heavy atom. The fraction of sp³-hybridized carbons (Fsp3) is 0.222. The fourth-order valence-corrected chi connectivity index (χ4v) is 3.44. The van der Waals surface area contributed by atoms with Crippen LogP contribution in [0.25, 0.3) is 5.69 Å². The average Bonchev–Trinajstić information content (AvgIpc) is 3.08. The van der Waals surface area contributed by atoms with Gasteiger partial charge in [0.1, 0.15) is 12.0 Å². The van der Waals surface area contributed by atoms with Crippen molar-refractivity contribution in [1.29, 1.82) is 0 Å². The Morgan fingerprint density at radius 1 is 1.12 bits per heavy atom. The predicted molar refractivity (Wildman–Crippen MR) is 95.7 cm³/mol. The van der Waals surface area contributed by atoms with Gasteiger partial charge in [0, 0.05) is 32.0 Å². The number of likely N-dealkylation sites (N-methyl/N-ethyl adjacent to an activating group) is 1.